The van der Waals surface area contributed by atoms with Crippen molar-refractivity contribution in [1.82, 2.24) is 25.7 Å². The van der Waals surface area contributed by atoms with Gasteiger partial charge >= 0.3 is 0 Å². The molecular weight excluding hydrogens is 507 g/mol. The Labute approximate surface area is 192 Å². The van der Waals surface area contributed by atoms with Gasteiger partial charge in [0.2, 0.25) is 17.6 Å². The summed E-state index contributed by atoms with van der Waals surface area (Å²) < 4.78 is 5.30. The van der Waals surface area contributed by atoms with Gasteiger partial charge in [-0.25, -0.2) is 0 Å². The molecule has 1 atom stereocenters. The topological polar surface area (TPSA) is 95.7 Å². The van der Waals surface area contributed by atoms with Crippen molar-refractivity contribution in [2.24, 2.45) is 10.9 Å². The van der Waals surface area contributed by atoms with Crippen LogP contribution in [0.2, 0.25) is 5.02 Å². The zero-order valence-electron chi connectivity index (χ0n) is 16.7. The third-order valence-electron chi connectivity index (χ3n) is 4.54. The normalized spacial score (nSPS) is 16.7. The summed E-state index contributed by atoms with van der Waals surface area (Å²) in [6.45, 7) is 5.64. The Morgan fingerprint density at radius 3 is 2.76 bits per heavy atom. The highest BCUT2D eigenvalue weighted by atomic mass is 127. The smallest absolute Gasteiger partial charge is 0.246 e. The summed E-state index contributed by atoms with van der Waals surface area (Å²) in [5, 5.41) is 11.2. The first kappa shape index (κ1) is 23.4. The van der Waals surface area contributed by atoms with Gasteiger partial charge in [-0.15, -0.1) is 24.0 Å². The summed E-state index contributed by atoms with van der Waals surface area (Å²) in [5.74, 6) is 1.80. The molecule has 1 fully saturated rings. The number of rotatable bonds is 5. The zero-order valence-corrected chi connectivity index (χ0v) is 19.8. The molecule has 10 heteroatoms. The molecule has 0 radical (unpaired) electrons. The van der Waals surface area contributed by atoms with Crippen molar-refractivity contribution >= 4 is 47.4 Å². The number of hydrogen-bond donors (Lipinski definition) is 2. The van der Waals surface area contributed by atoms with Crippen molar-refractivity contribution in [3.8, 4) is 11.4 Å². The minimum absolute atomic E-state index is 0. The van der Waals surface area contributed by atoms with Crippen LogP contribution in [0.5, 0.6) is 0 Å². The predicted molar refractivity (Wildman–Crippen MR) is 123 cm³/mol. The standard InChI is InChI=1S/C19H25ClN6O2.HI/c1-12(2)18(27)26-9-8-15(11-26)23-19(21-3)22-10-16-24-17(25-28-16)13-4-6-14(20)7-5-13;/h4-7,12,15H,8-11H2,1-3H3,(H2,21,22,23);1H. The molecule has 3 rings (SSSR count). The van der Waals surface area contributed by atoms with E-state index < -0.39 is 0 Å². The molecule has 158 valence electrons. The highest BCUT2D eigenvalue weighted by Crippen LogP contribution is 2.18. The van der Waals surface area contributed by atoms with Gasteiger partial charge in [0.25, 0.3) is 0 Å². The van der Waals surface area contributed by atoms with Gasteiger partial charge in [-0.2, -0.15) is 4.98 Å². The third-order valence-corrected chi connectivity index (χ3v) is 4.79. The molecule has 1 unspecified atom stereocenters. The average molecular weight is 533 g/mol. The van der Waals surface area contributed by atoms with Crippen LogP contribution in [0.25, 0.3) is 11.4 Å². The fourth-order valence-corrected chi connectivity index (χ4v) is 3.16. The minimum atomic E-state index is 0. The number of aliphatic imine (C=N–C) groups is 1. The number of nitrogens with one attached hydrogen (secondary N) is 2. The molecule has 2 aromatic rings. The Balaban J connectivity index is 0.00000300. The number of halogens is 2. The lowest BCUT2D eigenvalue weighted by molar-refractivity contribution is -0.133. The lowest BCUT2D eigenvalue weighted by atomic mass is 10.2. The lowest BCUT2D eigenvalue weighted by Gasteiger charge is -2.20. The molecular formula is C19H26ClIN6O2. The Kier molecular flexibility index (Phi) is 8.69. The van der Waals surface area contributed by atoms with Crippen LogP contribution in [0.15, 0.2) is 33.8 Å². The number of likely N-dealkylation sites (tertiary alicyclic amines) is 1. The van der Waals surface area contributed by atoms with Crippen LogP contribution < -0.4 is 10.6 Å². The van der Waals surface area contributed by atoms with Crippen molar-refractivity contribution < 1.29 is 9.32 Å². The molecule has 0 saturated carbocycles. The Morgan fingerprint density at radius 2 is 2.10 bits per heavy atom. The summed E-state index contributed by atoms with van der Waals surface area (Å²) in [7, 11) is 1.70. The van der Waals surface area contributed by atoms with Gasteiger partial charge in [-0.3, -0.25) is 9.79 Å². The minimum Gasteiger partial charge on any atom is -0.352 e. The monoisotopic (exact) mass is 532 g/mol. The molecule has 1 aliphatic heterocycles. The second kappa shape index (κ2) is 10.8. The molecule has 29 heavy (non-hydrogen) atoms. The van der Waals surface area contributed by atoms with Crippen LogP contribution >= 0.6 is 35.6 Å². The zero-order chi connectivity index (χ0) is 20.1. The largest absolute Gasteiger partial charge is 0.352 e. The SMILES string of the molecule is CN=C(NCc1nc(-c2ccc(Cl)cc2)no1)NC1CCN(C(=O)C(C)C)C1.I. The molecule has 1 amide bonds. The van der Waals surface area contributed by atoms with Crippen molar-refractivity contribution in [1.29, 1.82) is 0 Å². The molecule has 2 heterocycles. The lowest BCUT2D eigenvalue weighted by Crippen LogP contribution is -2.45. The maximum absolute atomic E-state index is 12.1. The van der Waals surface area contributed by atoms with Crippen molar-refractivity contribution in [2.45, 2.75) is 32.9 Å². The second-order valence-corrected chi connectivity index (χ2v) is 7.45. The van der Waals surface area contributed by atoms with Gasteiger partial charge in [-0.05, 0) is 30.7 Å². The van der Waals surface area contributed by atoms with E-state index in [9.17, 15) is 4.79 Å². The molecule has 1 saturated heterocycles. The quantitative estimate of drug-likeness (QED) is 0.349. The van der Waals surface area contributed by atoms with Crippen molar-refractivity contribution in [2.75, 3.05) is 20.1 Å². The van der Waals surface area contributed by atoms with Crippen LogP contribution in [0, 0.1) is 5.92 Å². The Bertz CT molecular complexity index is 839. The third kappa shape index (κ3) is 6.30. The van der Waals surface area contributed by atoms with E-state index in [-0.39, 0.29) is 41.8 Å². The summed E-state index contributed by atoms with van der Waals surface area (Å²) in [6, 6.07) is 7.42. The molecule has 2 N–H and O–H groups in total. The number of nitrogens with zero attached hydrogens (tertiary/aromatic N) is 4. The van der Waals surface area contributed by atoms with E-state index in [4.69, 9.17) is 16.1 Å². The summed E-state index contributed by atoms with van der Waals surface area (Å²) in [6.07, 6.45) is 0.889. The molecule has 8 nitrogen and oxygen atoms in total. The first-order chi connectivity index (χ1) is 13.5. The number of benzene rings is 1. The molecule has 0 aliphatic carbocycles. The van der Waals surface area contributed by atoms with E-state index in [2.05, 4.69) is 25.8 Å². The number of hydrogen-bond acceptors (Lipinski definition) is 5. The van der Waals surface area contributed by atoms with E-state index >= 15 is 0 Å². The van der Waals surface area contributed by atoms with E-state index in [0.29, 0.717) is 35.8 Å². The Hall–Kier alpha value is -1.88. The molecule has 0 bridgehead atoms. The second-order valence-electron chi connectivity index (χ2n) is 7.01. The highest BCUT2D eigenvalue weighted by Gasteiger charge is 2.28. The molecule has 1 aromatic carbocycles. The summed E-state index contributed by atoms with van der Waals surface area (Å²) >= 11 is 5.90. The molecule has 1 aromatic heterocycles. The number of guanidine groups is 1. The van der Waals surface area contributed by atoms with Gasteiger partial charge in [0.1, 0.15) is 0 Å². The Morgan fingerprint density at radius 1 is 1.38 bits per heavy atom. The predicted octanol–water partition coefficient (Wildman–Crippen LogP) is 2.93. The van der Waals surface area contributed by atoms with E-state index in [0.717, 1.165) is 18.5 Å². The average Bonchev–Trinajstić information content (AvgIpc) is 3.34. The number of carbonyl (C=O) groups excluding carboxylic acids is 1. The van der Waals surface area contributed by atoms with Crippen LogP contribution in [0.3, 0.4) is 0 Å². The highest BCUT2D eigenvalue weighted by molar-refractivity contribution is 14.0. The summed E-state index contributed by atoms with van der Waals surface area (Å²) in [5.41, 5.74) is 0.836. The van der Waals surface area contributed by atoms with E-state index in [1.807, 2.05) is 30.9 Å². The molecule has 0 spiro atoms. The van der Waals surface area contributed by atoms with Gasteiger partial charge in [0, 0.05) is 42.7 Å². The van der Waals surface area contributed by atoms with Gasteiger partial charge in [-0.1, -0.05) is 30.6 Å². The van der Waals surface area contributed by atoms with E-state index in [1.54, 1.807) is 19.2 Å². The van der Waals surface area contributed by atoms with Gasteiger partial charge in [0.05, 0.1) is 6.54 Å². The van der Waals surface area contributed by atoms with Gasteiger partial charge < -0.3 is 20.1 Å². The number of aromatic nitrogens is 2. The van der Waals surface area contributed by atoms with Crippen LogP contribution in [0.1, 0.15) is 26.2 Å². The molecule has 1 aliphatic rings. The number of amides is 1. The summed E-state index contributed by atoms with van der Waals surface area (Å²) in [4.78, 5) is 22.6. The number of carbonyl (C=O) groups is 1. The maximum atomic E-state index is 12.1. The first-order valence-corrected chi connectivity index (χ1v) is 9.68. The van der Waals surface area contributed by atoms with Crippen molar-refractivity contribution in [3.05, 3.63) is 35.2 Å². The van der Waals surface area contributed by atoms with Gasteiger partial charge in [0.15, 0.2) is 5.96 Å². The fraction of sp³-hybridized carbons (Fsp3) is 0.474. The van der Waals surface area contributed by atoms with Crippen LogP contribution in [-0.2, 0) is 11.3 Å². The first-order valence-electron chi connectivity index (χ1n) is 9.30. The van der Waals surface area contributed by atoms with Crippen molar-refractivity contribution in [3.63, 3.8) is 0 Å². The maximum Gasteiger partial charge on any atom is 0.246 e. The van der Waals surface area contributed by atoms with Crippen LogP contribution in [0.4, 0.5) is 0 Å². The van der Waals surface area contributed by atoms with E-state index in [1.165, 1.54) is 0 Å². The van der Waals surface area contributed by atoms with Crippen LogP contribution in [-0.4, -0.2) is 53.1 Å². The fourth-order valence-electron chi connectivity index (χ4n) is 3.03.